The van der Waals surface area contributed by atoms with E-state index in [1.54, 1.807) is 6.92 Å². The first-order valence-electron chi connectivity index (χ1n) is 14.6. The quantitative estimate of drug-likeness (QED) is 0.404. The van der Waals surface area contributed by atoms with Gasteiger partial charge in [0.15, 0.2) is 11.6 Å². The lowest BCUT2D eigenvalue weighted by molar-refractivity contribution is -0.150. The molecule has 1 aromatic carbocycles. The van der Waals surface area contributed by atoms with Gasteiger partial charge in [-0.2, -0.15) is 0 Å². The SMILES string of the molecule is COc1cc(F)c(OC2CCC(C)(C(=O)O)CC2)cc1C(=O)NC1C2CCC(C2)C1C(=O)NCC1(F)CCOCC1. The number of alkyl halides is 1. The van der Waals surface area contributed by atoms with Crippen LogP contribution in [0.2, 0.25) is 0 Å². The minimum atomic E-state index is -1.49. The Morgan fingerprint density at radius 2 is 1.73 bits per heavy atom. The van der Waals surface area contributed by atoms with Gasteiger partial charge in [0.1, 0.15) is 11.4 Å². The van der Waals surface area contributed by atoms with Gasteiger partial charge in [0.25, 0.3) is 5.91 Å². The Bertz CT molecular complexity index is 1160. The third kappa shape index (κ3) is 6.15. The maximum absolute atomic E-state index is 15.1. The number of methoxy groups -OCH3 is 1. The van der Waals surface area contributed by atoms with Crippen molar-refractivity contribution in [1.29, 1.82) is 0 Å². The number of hydrogen-bond acceptors (Lipinski definition) is 6. The lowest BCUT2D eigenvalue weighted by Gasteiger charge is -2.34. The number of rotatable bonds is 9. The average molecular weight is 579 g/mol. The molecule has 226 valence electrons. The number of aliphatic carboxylic acids is 1. The van der Waals surface area contributed by atoms with Gasteiger partial charge in [-0.1, -0.05) is 0 Å². The summed E-state index contributed by atoms with van der Waals surface area (Å²) in [4.78, 5) is 38.4. The van der Waals surface area contributed by atoms with Gasteiger partial charge in [-0.3, -0.25) is 14.4 Å². The highest BCUT2D eigenvalue weighted by atomic mass is 19.1. The summed E-state index contributed by atoms with van der Waals surface area (Å²) in [5.41, 5.74) is -2.24. The first-order chi connectivity index (χ1) is 19.5. The van der Waals surface area contributed by atoms with E-state index in [0.717, 1.165) is 25.3 Å². The number of nitrogens with one attached hydrogen (secondary N) is 2. The van der Waals surface area contributed by atoms with Crippen LogP contribution >= 0.6 is 0 Å². The largest absolute Gasteiger partial charge is 0.496 e. The predicted octanol–water partition coefficient (Wildman–Crippen LogP) is 4.03. The van der Waals surface area contributed by atoms with Gasteiger partial charge in [-0.25, -0.2) is 8.78 Å². The summed E-state index contributed by atoms with van der Waals surface area (Å²) >= 11 is 0. The molecule has 4 unspecified atom stereocenters. The fourth-order valence-electron chi connectivity index (χ4n) is 7.09. The summed E-state index contributed by atoms with van der Waals surface area (Å²) in [7, 11) is 1.34. The molecule has 4 aliphatic rings. The second-order valence-electron chi connectivity index (χ2n) is 12.5. The van der Waals surface area contributed by atoms with Crippen molar-refractivity contribution in [3.05, 3.63) is 23.5 Å². The summed E-state index contributed by atoms with van der Waals surface area (Å²) in [6.45, 7) is 2.27. The van der Waals surface area contributed by atoms with Crippen LogP contribution in [0.15, 0.2) is 12.1 Å². The molecule has 3 N–H and O–H groups in total. The molecule has 11 heteroatoms. The zero-order chi connectivity index (χ0) is 29.4. The van der Waals surface area contributed by atoms with Gasteiger partial charge in [-0.15, -0.1) is 0 Å². The minimum Gasteiger partial charge on any atom is -0.496 e. The summed E-state index contributed by atoms with van der Waals surface area (Å²) in [5, 5.41) is 15.3. The van der Waals surface area contributed by atoms with Crippen LogP contribution in [0.5, 0.6) is 11.5 Å². The van der Waals surface area contributed by atoms with E-state index < -0.39 is 40.7 Å². The summed E-state index contributed by atoms with van der Waals surface area (Å²) < 4.78 is 46.5. The zero-order valence-corrected chi connectivity index (χ0v) is 23.7. The van der Waals surface area contributed by atoms with Crippen molar-refractivity contribution in [2.75, 3.05) is 26.9 Å². The highest BCUT2D eigenvalue weighted by Gasteiger charge is 2.52. The second kappa shape index (κ2) is 11.7. The van der Waals surface area contributed by atoms with Crippen molar-refractivity contribution < 1.29 is 42.5 Å². The van der Waals surface area contributed by atoms with E-state index in [2.05, 4.69) is 10.6 Å². The van der Waals surface area contributed by atoms with Crippen molar-refractivity contribution in [2.45, 2.75) is 82.5 Å². The van der Waals surface area contributed by atoms with Crippen molar-refractivity contribution >= 4 is 17.8 Å². The lowest BCUT2D eigenvalue weighted by Crippen LogP contribution is -2.52. The number of benzene rings is 1. The first-order valence-corrected chi connectivity index (χ1v) is 14.6. The third-order valence-corrected chi connectivity index (χ3v) is 9.83. The average Bonchev–Trinajstić information content (AvgIpc) is 3.56. The molecular weight excluding hydrogens is 538 g/mol. The Morgan fingerprint density at radius 3 is 2.39 bits per heavy atom. The number of ether oxygens (including phenoxy) is 3. The molecule has 2 amide bonds. The molecule has 1 heterocycles. The normalized spacial score (nSPS) is 32.2. The number of carboxylic acids is 1. The number of amides is 2. The number of carboxylic acid groups (broad SMARTS) is 1. The maximum Gasteiger partial charge on any atom is 0.309 e. The monoisotopic (exact) mass is 578 g/mol. The molecule has 4 fully saturated rings. The second-order valence-corrected chi connectivity index (χ2v) is 12.5. The van der Waals surface area contributed by atoms with Crippen LogP contribution in [-0.4, -0.2) is 67.6 Å². The van der Waals surface area contributed by atoms with Crippen LogP contribution in [0.4, 0.5) is 8.78 Å². The van der Waals surface area contributed by atoms with Gasteiger partial charge in [0, 0.05) is 38.2 Å². The van der Waals surface area contributed by atoms with Crippen LogP contribution in [0, 0.1) is 29.0 Å². The molecule has 4 atom stereocenters. The molecule has 1 aliphatic heterocycles. The molecule has 41 heavy (non-hydrogen) atoms. The van der Waals surface area contributed by atoms with E-state index >= 15 is 4.39 Å². The van der Waals surface area contributed by atoms with E-state index in [4.69, 9.17) is 14.2 Å². The third-order valence-electron chi connectivity index (χ3n) is 9.83. The van der Waals surface area contributed by atoms with Crippen molar-refractivity contribution in [1.82, 2.24) is 10.6 Å². The Kier molecular flexibility index (Phi) is 8.46. The summed E-state index contributed by atoms with van der Waals surface area (Å²) in [6.07, 6.45) is 4.37. The van der Waals surface area contributed by atoms with Crippen LogP contribution in [0.25, 0.3) is 0 Å². The van der Waals surface area contributed by atoms with Gasteiger partial charge in [-0.05, 0) is 69.8 Å². The highest BCUT2D eigenvalue weighted by molar-refractivity contribution is 5.98. The van der Waals surface area contributed by atoms with Gasteiger partial charge in [0.2, 0.25) is 5.91 Å². The molecule has 3 saturated carbocycles. The van der Waals surface area contributed by atoms with E-state index in [1.807, 2.05) is 0 Å². The number of carbonyl (C=O) groups is 3. The molecular formula is C30H40F2N2O7. The highest BCUT2D eigenvalue weighted by Crippen LogP contribution is 2.49. The Hall–Kier alpha value is -2.95. The predicted molar refractivity (Wildman–Crippen MR) is 144 cm³/mol. The Morgan fingerprint density at radius 1 is 1.05 bits per heavy atom. The number of carbonyl (C=O) groups excluding carboxylic acids is 2. The molecule has 2 bridgehead atoms. The summed E-state index contributed by atoms with van der Waals surface area (Å²) in [6, 6.07) is 1.99. The molecule has 0 spiro atoms. The zero-order valence-electron chi connectivity index (χ0n) is 23.7. The van der Waals surface area contributed by atoms with E-state index in [1.165, 1.54) is 13.2 Å². The fourth-order valence-corrected chi connectivity index (χ4v) is 7.09. The first kappa shape index (κ1) is 29.5. The van der Waals surface area contributed by atoms with Crippen LogP contribution in [0.3, 0.4) is 0 Å². The minimum absolute atomic E-state index is 0.0393. The molecule has 5 rings (SSSR count). The van der Waals surface area contributed by atoms with Gasteiger partial charge < -0.3 is 30.0 Å². The van der Waals surface area contributed by atoms with Crippen LogP contribution < -0.4 is 20.1 Å². The number of halogens is 2. The molecule has 0 radical (unpaired) electrons. The van der Waals surface area contributed by atoms with Crippen LogP contribution in [0.1, 0.15) is 75.1 Å². The van der Waals surface area contributed by atoms with Gasteiger partial charge in [0.05, 0.1) is 36.7 Å². The lowest BCUT2D eigenvalue weighted by atomic mass is 9.75. The van der Waals surface area contributed by atoms with Crippen molar-refractivity contribution in [2.24, 2.45) is 23.2 Å². The van der Waals surface area contributed by atoms with E-state index in [9.17, 15) is 23.9 Å². The van der Waals surface area contributed by atoms with Crippen molar-refractivity contribution in [3.8, 4) is 11.5 Å². The van der Waals surface area contributed by atoms with E-state index in [-0.39, 0.29) is 60.3 Å². The van der Waals surface area contributed by atoms with Gasteiger partial charge >= 0.3 is 5.97 Å². The Labute approximate surface area is 238 Å². The standard InChI is InChI=1S/C30H40F2N2O7/c1-29(28(37)38)7-5-19(6-8-29)41-23-14-20(22(39-2)15-21(23)31)26(35)34-25-18-4-3-17(13-18)24(25)27(36)33-16-30(32)9-11-40-12-10-30/h14-15,17-19,24-25H,3-13,16H2,1-2H3,(H,33,36)(H,34,35)(H,37,38). The summed E-state index contributed by atoms with van der Waals surface area (Å²) in [5.74, 6) is -2.62. The maximum atomic E-state index is 15.1. The van der Waals surface area contributed by atoms with Crippen molar-refractivity contribution in [3.63, 3.8) is 0 Å². The topological polar surface area (TPSA) is 123 Å². The molecule has 0 aromatic heterocycles. The molecule has 3 aliphatic carbocycles. The van der Waals surface area contributed by atoms with Crippen LogP contribution in [-0.2, 0) is 14.3 Å². The Balaban J connectivity index is 1.27. The molecule has 1 saturated heterocycles. The van der Waals surface area contributed by atoms with E-state index in [0.29, 0.717) is 38.9 Å². The number of fused-ring (bicyclic) bond motifs is 2. The smallest absolute Gasteiger partial charge is 0.309 e. The molecule has 1 aromatic rings. The molecule has 9 nitrogen and oxygen atoms in total. The number of hydrogen-bond donors (Lipinski definition) is 3. The fraction of sp³-hybridized carbons (Fsp3) is 0.700.